The summed E-state index contributed by atoms with van der Waals surface area (Å²) < 4.78 is 11.1. The molecule has 0 atom stereocenters. The number of aromatic nitrogens is 1. The van der Waals surface area contributed by atoms with Crippen molar-refractivity contribution in [1.29, 1.82) is 0 Å². The van der Waals surface area contributed by atoms with Crippen LogP contribution in [0.1, 0.15) is 16.8 Å². The van der Waals surface area contributed by atoms with Crippen molar-refractivity contribution in [3.05, 3.63) is 34.8 Å². The molecule has 0 spiro atoms. The lowest BCUT2D eigenvalue weighted by molar-refractivity contribution is -0.149. The summed E-state index contributed by atoms with van der Waals surface area (Å²) in [7, 11) is 0. The second kappa shape index (κ2) is 4.26. The van der Waals surface area contributed by atoms with E-state index in [1.54, 1.807) is 17.4 Å². The van der Waals surface area contributed by atoms with Gasteiger partial charge in [0.05, 0.1) is 13.2 Å². The number of thiazole rings is 1. The van der Waals surface area contributed by atoms with Crippen LogP contribution in [0.25, 0.3) is 6.08 Å². The highest BCUT2D eigenvalue weighted by Gasteiger charge is 2.35. The second-order valence-electron chi connectivity index (χ2n) is 3.31. The van der Waals surface area contributed by atoms with Crippen LogP contribution >= 0.6 is 11.3 Å². The van der Waals surface area contributed by atoms with Crippen LogP contribution in [0.15, 0.2) is 24.9 Å². The van der Waals surface area contributed by atoms with E-state index in [0.717, 1.165) is 9.88 Å². The van der Waals surface area contributed by atoms with Crippen molar-refractivity contribution in [2.45, 2.75) is 12.7 Å². The Morgan fingerprint density at radius 3 is 2.93 bits per heavy atom. The van der Waals surface area contributed by atoms with E-state index in [9.17, 15) is 0 Å². The molecule has 2 rings (SSSR count). The minimum absolute atomic E-state index is 0.633. The van der Waals surface area contributed by atoms with Crippen molar-refractivity contribution in [3.63, 3.8) is 0 Å². The van der Waals surface area contributed by atoms with Crippen molar-refractivity contribution in [2.24, 2.45) is 0 Å². The van der Waals surface area contributed by atoms with Gasteiger partial charge in [-0.05, 0) is 13.0 Å². The maximum atomic E-state index is 5.53. The molecular formula is C11H13NO2S. The van der Waals surface area contributed by atoms with E-state index in [2.05, 4.69) is 11.6 Å². The van der Waals surface area contributed by atoms with Crippen LogP contribution in [0.2, 0.25) is 0 Å². The molecule has 0 aliphatic carbocycles. The third kappa shape index (κ3) is 2.17. The SMILES string of the molecule is C=CC=Cc1cnc(C2(C)OCCO2)s1. The van der Waals surface area contributed by atoms with Gasteiger partial charge in [-0.1, -0.05) is 18.7 Å². The van der Waals surface area contributed by atoms with E-state index in [1.165, 1.54) is 0 Å². The minimum Gasteiger partial charge on any atom is -0.342 e. The summed E-state index contributed by atoms with van der Waals surface area (Å²) in [4.78, 5) is 5.38. The van der Waals surface area contributed by atoms with Crippen molar-refractivity contribution < 1.29 is 9.47 Å². The Bertz CT molecular complexity index is 378. The van der Waals surface area contributed by atoms with Crippen LogP contribution in [0.4, 0.5) is 0 Å². The maximum Gasteiger partial charge on any atom is 0.219 e. The Hall–Kier alpha value is -0.970. The number of ether oxygens (including phenoxy) is 2. The van der Waals surface area contributed by atoms with E-state index in [-0.39, 0.29) is 0 Å². The Balaban J connectivity index is 2.19. The van der Waals surface area contributed by atoms with Gasteiger partial charge in [-0.15, -0.1) is 11.3 Å². The van der Waals surface area contributed by atoms with Crippen LogP contribution in [0.5, 0.6) is 0 Å². The number of nitrogens with zero attached hydrogens (tertiary/aromatic N) is 1. The first-order chi connectivity index (χ1) is 7.24. The highest BCUT2D eigenvalue weighted by atomic mass is 32.1. The third-order valence-corrected chi connectivity index (χ3v) is 3.29. The lowest BCUT2D eigenvalue weighted by Gasteiger charge is -2.18. The first kappa shape index (κ1) is 10.5. The summed E-state index contributed by atoms with van der Waals surface area (Å²) >= 11 is 1.57. The largest absolute Gasteiger partial charge is 0.342 e. The fraction of sp³-hybridized carbons (Fsp3) is 0.364. The van der Waals surface area contributed by atoms with E-state index in [4.69, 9.17) is 9.47 Å². The summed E-state index contributed by atoms with van der Waals surface area (Å²) in [5, 5.41) is 0.865. The van der Waals surface area contributed by atoms with Gasteiger partial charge in [0.25, 0.3) is 0 Å². The standard InChI is InChI=1S/C11H13NO2S/c1-3-4-5-9-8-12-10(15-9)11(2)13-6-7-14-11/h3-5,8H,1,6-7H2,2H3. The molecule has 80 valence electrons. The highest BCUT2D eigenvalue weighted by Crippen LogP contribution is 2.33. The molecule has 0 N–H and O–H groups in total. The molecule has 4 heteroatoms. The quantitative estimate of drug-likeness (QED) is 0.738. The van der Waals surface area contributed by atoms with Gasteiger partial charge in [-0.3, -0.25) is 0 Å². The molecule has 0 radical (unpaired) electrons. The fourth-order valence-corrected chi connectivity index (χ4v) is 2.26. The molecule has 15 heavy (non-hydrogen) atoms. The second-order valence-corrected chi connectivity index (χ2v) is 4.37. The molecule has 1 fully saturated rings. The number of hydrogen-bond donors (Lipinski definition) is 0. The molecule has 2 heterocycles. The first-order valence-corrected chi connectivity index (χ1v) is 5.59. The minimum atomic E-state index is -0.648. The van der Waals surface area contributed by atoms with Gasteiger partial charge >= 0.3 is 0 Å². The molecule has 0 unspecified atom stereocenters. The van der Waals surface area contributed by atoms with Crippen LogP contribution in [0, 0.1) is 0 Å². The average Bonchev–Trinajstić information content (AvgIpc) is 2.84. The van der Waals surface area contributed by atoms with Crippen LogP contribution in [-0.4, -0.2) is 18.2 Å². The number of rotatable bonds is 3. The predicted molar refractivity (Wildman–Crippen MR) is 60.6 cm³/mol. The van der Waals surface area contributed by atoms with Gasteiger partial charge in [0.1, 0.15) is 0 Å². The Morgan fingerprint density at radius 2 is 2.27 bits per heavy atom. The van der Waals surface area contributed by atoms with Gasteiger partial charge in [-0.2, -0.15) is 0 Å². The predicted octanol–water partition coefficient (Wildman–Crippen LogP) is 2.56. The van der Waals surface area contributed by atoms with Crippen LogP contribution in [-0.2, 0) is 15.3 Å². The molecular weight excluding hydrogens is 210 g/mol. The molecule has 1 saturated heterocycles. The van der Waals surface area contributed by atoms with Gasteiger partial charge in [-0.25, -0.2) is 4.98 Å². The third-order valence-electron chi connectivity index (χ3n) is 2.15. The summed E-state index contributed by atoms with van der Waals surface area (Å²) in [5.41, 5.74) is 0. The zero-order chi connectivity index (χ0) is 10.7. The van der Waals surface area contributed by atoms with E-state index >= 15 is 0 Å². The number of allylic oxidation sites excluding steroid dienone is 2. The normalized spacial score (nSPS) is 19.8. The van der Waals surface area contributed by atoms with Crippen molar-refractivity contribution in [1.82, 2.24) is 4.98 Å². The lowest BCUT2D eigenvalue weighted by Crippen LogP contribution is -2.21. The average molecular weight is 223 g/mol. The maximum absolute atomic E-state index is 5.53. The van der Waals surface area contributed by atoms with Gasteiger partial charge in [0, 0.05) is 11.1 Å². The molecule has 0 saturated carbocycles. The van der Waals surface area contributed by atoms with Crippen molar-refractivity contribution >= 4 is 17.4 Å². The first-order valence-electron chi connectivity index (χ1n) is 4.78. The molecule has 3 nitrogen and oxygen atoms in total. The monoisotopic (exact) mass is 223 g/mol. The molecule has 1 aliphatic heterocycles. The number of hydrogen-bond acceptors (Lipinski definition) is 4. The van der Waals surface area contributed by atoms with Crippen LogP contribution < -0.4 is 0 Å². The Morgan fingerprint density at radius 1 is 1.53 bits per heavy atom. The van der Waals surface area contributed by atoms with E-state index in [1.807, 2.05) is 25.3 Å². The lowest BCUT2D eigenvalue weighted by atomic mass is 10.3. The van der Waals surface area contributed by atoms with Gasteiger partial charge < -0.3 is 9.47 Å². The fourth-order valence-electron chi connectivity index (χ4n) is 1.37. The molecule has 0 bridgehead atoms. The Labute approximate surface area is 93.1 Å². The van der Waals surface area contributed by atoms with E-state index in [0.29, 0.717) is 13.2 Å². The molecule has 1 aliphatic rings. The van der Waals surface area contributed by atoms with Crippen molar-refractivity contribution in [2.75, 3.05) is 13.2 Å². The zero-order valence-corrected chi connectivity index (χ0v) is 9.42. The molecule has 0 amide bonds. The Kier molecular flexibility index (Phi) is 3.00. The molecule has 1 aromatic heterocycles. The zero-order valence-electron chi connectivity index (χ0n) is 8.60. The molecule has 0 aromatic carbocycles. The van der Waals surface area contributed by atoms with Gasteiger partial charge in [0.2, 0.25) is 5.79 Å². The smallest absolute Gasteiger partial charge is 0.219 e. The van der Waals surface area contributed by atoms with Crippen molar-refractivity contribution in [3.8, 4) is 0 Å². The van der Waals surface area contributed by atoms with Crippen LogP contribution in [0.3, 0.4) is 0 Å². The highest BCUT2D eigenvalue weighted by molar-refractivity contribution is 7.12. The van der Waals surface area contributed by atoms with E-state index < -0.39 is 5.79 Å². The topological polar surface area (TPSA) is 31.4 Å². The van der Waals surface area contributed by atoms with Gasteiger partial charge in [0.15, 0.2) is 5.01 Å². The summed E-state index contributed by atoms with van der Waals surface area (Å²) in [5.74, 6) is -0.648. The summed E-state index contributed by atoms with van der Waals surface area (Å²) in [6, 6.07) is 0. The molecule has 1 aromatic rings. The summed E-state index contributed by atoms with van der Waals surface area (Å²) in [6.07, 6.45) is 7.41. The summed E-state index contributed by atoms with van der Waals surface area (Å²) in [6.45, 7) is 6.79.